The first-order valence-corrected chi connectivity index (χ1v) is 3.42. The van der Waals surface area contributed by atoms with Gasteiger partial charge in [0.05, 0.1) is 0 Å². The van der Waals surface area contributed by atoms with Gasteiger partial charge in [-0.1, -0.05) is 0 Å². The topological polar surface area (TPSA) is 17.1 Å². The van der Waals surface area contributed by atoms with Crippen molar-refractivity contribution in [2.24, 2.45) is 0 Å². The van der Waals surface area contributed by atoms with E-state index in [1.165, 1.54) is 0 Å². The summed E-state index contributed by atoms with van der Waals surface area (Å²) in [5.74, 6) is -8.12. The Balaban J connectivity index is 4.01. The molecule has 1 nitrogen and oxygen atoms in total. The van der Waals surface area contributed by atoms with Crippen LogP contribution in [0.4, 0.5) is 17.6 Å². The van der Waals surface area contributed by atoms with E-state index in [2.05, 4.69) is 0 Å². The average molecular weight is 186 g/mol. The second-order valence-electron chi connectivity index (χ2n) is 2.83. The lowest BCUT2D eigenvalue weighted by Crippen LogP contribution is -2.28. The van der Waals surface area contributed by atoms with E-state index < -0.39 is 30.5 Å². The van der Waals surface area contributed by atoms with E-state index in [0.717, 1.165) is 0 Å². The molecule has 0 aromatic rings. The van der Waals surface area contributed by atoms with E-state index >= 15 is 0 Å². The maximum absolute atomic E-state index is 12.4. The fourth-order valence-corrected chi connectivity index (χ4v) is 0.553. The van der Waals surface area contributed by atoms with Crippen LogP contribution < -0.4 is 0 Å². The number of hydrogen-bond acceptors (Lipinski definition) is 1. The average Bonchev–Trinajstić information content (AvgIpc) is 1.82. The summed E-state index contributed by atoms with van der Waals surface area (Å²) < 4.78 is 48.9. The van der Waals surface area contributed by atoms with Gasteiger partial charge in [-0.15, -0.1) is 0 Å². The Kier molecular flexibility index (Phi) is 3.24. The highest BCUT2D eigenvalue weighted by Gasteiger charge is 2.37. The van der Waals surface area contributed by atoms with Gasteiger partial charge >= 0.3 is 5.92 Å². The highest BCUT2D eigenvalue weighted by atomic mass is 19.3. The minimum absolute atomic E-state index is 0.545. The Labute approximate surface area is 67.8 Å². The molecule has 0 unspecified atom stereocenters. The van der Waals surface area contributed by atoms with E-state index in [0.29, 0.717) is 13.8 Å². The van der Waals surface area contributed by atoms with E-state index in [1.54, 1.807) is 0 Å². The number of carbonyl (C=O) groups is 1. The van der Waals surface area contributed by atoms with Crippen LogP contribution in [0.15, 0.2) is 0 Å². The molecule has 0 aliphatic rings. The third kappa shape index (κ3) is 4.31. The second-order valence-corrected chi connectivity index (χ2v) is 2.83. The molecule has 0 saturated heterocycles. The molecule has 5 heteroatoms. The van der Waals surface area contributed by atoms with Crippen molar-refractivity contribution in [3.05, 3.63) is 0 Å². The first-order chi connectivity index (χ1) is 5.15. The number of halogens is 4. The van der Waals surface area contributed by atoms with Crippen molar-refractivity contribution in [3.63, 3.8) is 0 Å². The largest absolute Gasteiger partial charge is 0.305 e. The van der Waals surface area contributed by atoms with E-state index in [1.807, 2.05) is 0 Å². The Morgan fingerprint density at radius 3 is 1.83 bits per heavy atom. The Morgan fingerprint density at radius 2 is 1.58 bits per heavy atom. The van der Waals surface area contributed by atoms with Gasteiger partial charge in [-0.25, -0.2) is 8.78 Å². The first-order valence-electron chi connectivity index (χ1n) is 3.42. The van der Waals surface area contributed by atoms with Gasteiger partial charge in [-0.3, -0.25) is 4.79 Å². The molecular weight excluding hydrogens is 176 g/mol. The van der Waals surface area contributed by atoms with Crippen molar-refractivity contribution in [2.75, 3.05) is 0 Å². The van der Waals surface area contributed by atoms with Gasteiger partial charge in [0.15, 0.2) is 5.78 Å². The fraction of sp³-hybridized carbons (Fsp3) is 0.857. The van der Waals surface area contributed by atoms with Crippen molar-refractivity contribution < 1.29 is 22.4 Å². The number of Topliss-reactive ketones (excluding diaryl/α,β-unsaturated/α-hetero) is 1. The normalized spacial score (nSPS) is 13.2. The molecule has 0 heterocycles. The summed E-state index contributed by atoms with van der Waals surface area (Å²) in [5.41, 5.74) is 0. The van der Waals surface area contributed by atoms with Crippen molar-refractivity contribution >= 4 is 5.78 Å². The van der Waals surface area contributed by atoms with E-state index in [9.17, 15) is 22.4 Å². The summed E-state index contributed by atoms with van der Waals surface area (Å²) >= 11 is 0. The third-order valence-electron chi connectivity index (χ3n) is 1.39. The molecule has 0 N–H and O–H groups in total. The zero-order valence-corrected chi connectivity index (χ0v) is 6.83. The smallest absolute Gasteiger partial charge is 0.293 e. The zero-order chi connectivity index (χ0) is 9.99. The molecule has 0 aliphatic heterocycles. The van der Waals surface area contributed by atoms with Crippen LogP contribution in [-0.2, 0) is 4.79 Å². The van der Waals surface area contributed by atoms with Crippen LogP contribution >= 0.6 is 0 Å². The second kappa shape index (κ2) is 3.41. The van der Waals surface area contributed by atoms with Crippen molar-refractivity contribution in [1.82, 2.24) is 0 Å². The van der Waals surface area contributed by atoms with Crippen LogP contribution in [0.2, 0.25) is 0 Å². The monoisotopic (exact) mass is 186 g/mol. The highest BCUT2D eigenvalue weighted by molar-refractivity contribution is 5.82. The van der Waals surface area contributed by atoms with Gasteiger partial charge in [0.1, 0.15) is 0 Å². The predicted molar refractivity (Wildman–Crippen MR) is 35.5 cm³/mol. The molecule has 0 aliphatic carbocycles. The number of rotatable bonds is 4. The van der Waals surface area contributed by atoms with E-state index in [-0.39, 0.29) is 0 Å². The fourth-order valence-electron chi connectivity index (χ4n) is 0.553. The quantitative estimate of drug-likeness (QED) is 0.617. The lowest BCUT2D eigenvalue weighted by atomic mass is 10.1. The molecule has 0 spiro atoms. The van der Waals surface area contributed by atoms with Crippen molar-refractivity contribution in [1.29, 1.82) is 0 Å². The molecule has 0 radical (unpaired) electrons. The molecule has 72 valence electrons. The molecule has 0 atom stereocenters. The van der Waals surface area contributed by atoms with Crippen LogP contribution in [0, 0.1) is 0 Å². The molecule has 0 amide bonds. The molecule has 0 saturated carbocycles. The summed E-state index contributed by atoms with van der Waals surface area (Å²) in [4.78, 5) is 10.2. The molecule has 0 aromatic carbocycles. The molecular formula is C7H10F4O. The maximum atomic E-state index is 12.4. The summed E-state index contributed by atoms with van der Waals surface area (Å²) in [6.45, 7) is 1.23. The Morgan fingerprint density at radius 1 is 1.17 bits per heavy atom. The van der Waals surface area contributed by atoms with E-state index in [4.69, 9.17) is 0 Å². The lowest BCUT2D eigenvalue weighted by Gasteiger charge is -2.15. The minimum atomic E-state index is -3.61. The summed E-state index contributed by atoms with van der Waals surface area (Å²) in [7, 11) is 0. The predicted octanol–water partition coefficient (Wildman–Crippen LogP) is 2.65. The van der Waals surface area contributed by atoms with Gasteiger partial charge in [0, 0.05) is 19.8 Å². The van der Waals surface area contributed by atoms with Crippen LogP contribution in [-0.4, -0.2) is 17.6 Å². The maximum Gasteiger partial charge on any atom is 0.305 e. The first kappa shape index (κ1) is 11.4. The summed E-state index contributed by atoms with van der Waals surface area (Å²) in [5, 5.41) is 0. The molecule has 0 rings (SSSR count). The molecule has 0 aromatic heterocycles. The van der Waals surface area contributed by atoms with Gasteiger partial charge in [-0.2, -0.15) is 8.78 Å². The summed E-state index contributed by atoms with van der Waals surface area (Å²) in [6.07, 6.45) is -2.06. The highest BCUT2D eigenvalue weighted by Crippen LogP contribution is 2.28. The number of hydrogen-bond donors (Lipinski definition) is 0. The van der Waals surface area contributed by atoms with Crippen molar-refractivity contribution in [2.45, 2.75) is 38.5 Å². The van der Waals surface area contributed by atoms with Crippen LogP contribution in [0.5, 0.6) is 0 Å². The Hall–Kier alpha value is -0.610. The Bertz CT molecular complexity index is 171. The number of alkyl halides is 4. The van der Waals surface area contributed by atoms with Crippen LogP contribution in [0.3, 0.4) is 0 Å². The molecule has 0 fully saturated rings. The van der Waals surface area contributed by atoms with Crippen LogP contribution in [0.1, 0.15) is 26.7 Å². The number of ketones is 1. The summed E-state index contributed by atoms with van der Waals surface area (Å²) in [6, 6.07) is 0. The lowest BCUT2D eigenvalue weighted by molar-refractivity contribution is -0.143. The van der Waals surface area contributed by atoms with Crippen molar-refractivity contribution in [3.8, 4) is 0 Å². The molecule has 12 heavy (non-hydrogen) atoms. The van der Waals surface area contributed by atoms with Gasteiger partial charge < -0.3 is 0 Å². The van der Waals surface area contributed by atoms with Gasteiger partial charge in [0.25, 0.3) is 0 Å². The number of carbonyl (C=O) groups excluding carboxylic acids is 1. The zero-order valence-electron chi connectivity index (χ0n) is 6.83. The third-order valence-corrected chi connectivity index (χ3v) is 1.39. The SMILES string of the molecule is CC(=O)C(F)(F)CCC(C)(F)F. The minimum Gasteiger partial charge on any atom is -0.293 e. The van der Waals surface area contributed by atoms with Gasteiger partial charge in [-0.05, 0) is 6.92 Å². The van der Waals surface area contributed by atoms with Gasteiger partial charge in [0.2, 0.25) is 5.92 Å². The standard InChI is InChI=1S/C7H10F4O/c1-5(12)7(10,11)4-3-6(2,8)9/h3-4H2,1-2H3. The molecule has 0 bridgehead atoms. The van der Waals surface area contributed by atoms with Crippen LogP contribution in [0.25, 0.3) is 0 Å².